The summed E-state index contributed by atoms with van der Waals surface area (Å²) in [5.41, 5.74) is 0.753. The van der Waals surface area contributed by atoms with Crippen LogP contribution in [0.3, 0.4) is 0 Å². The van der Waals surface area contributed by atoms with Crippen molar-refractivity contribution >= 4 is 0 Å². The van der Waals surface area contributed by atoms with E-state index >= 15 is 0 Å². The topological polar surface area (TPSA) is 96.3 Å². The molecule has 4 rings (SSSR count). The van der Waals surface area contributed by atoms with E-state index in [0.717, 1.165) is 25.0 Å². The van der Waals surface area contributed by atoms with Crippen molar-refractivity contribution in [3.8, 4) is 17.2 Å². The molecule has 1 aliphatic rings. The van der Waals surface area contributed by atoms with Crippen molar-refractivity contribution in [3.05, 3.63) is 41.8 Å². The monoisotopic (exact) mass is 342 g/mol. The number of hydrogen-bond donors (Lipinski definition) is 0. The van der Waals surface area contributed by atoms with Crippen LogP contribution in [0.15, 0.2) is 33.3 Å². The first-order chi connectivity index (χ1) is 12.3. The molecule has 0 radical (unpaired) electrons. The van der Waals surface area contributed by atoms with Gasteiger partial charge in [-0.05, 0) is 25.0 Å². The number of para-hydroxylation sites is 1. The summed E-state index contributed by atoms with van der Waals surface area (Å²) >= 11 is 0. The number of aryl methyl sites for hydroxylation is 1. The van der Waals surface area contributed by atoms with Crippen LogP contribution < -0.4 is 4.74 Å². The predicted octanol–water partition coefficient (Wildman–Crippen LogP) is 2.58. The summed E-state index contributed by atoms with van der Waals surface area (Å²) in [4.78, 5) is 8.56. The van der Waals surface area contributed by atoms with Gasteiger partial charge >= 0.3 is 0 Å². The van der Waals surface area contributed by atoms with E-state index in [9.17, 15) is 0 Å². The fourth-order valence-electron chi connectivity index (χ4n) is 2.72. The van der Waals surface area contributed by atoms with E-state index in [1.165, 1.54) is 0 Å². The highest BCUT2D eigenvalue weighted by Gasteiger charge is 2.19. The normalized spacial score (nSPS) is 17.1. The molecule has 0 aliphatic carbocycles. The van der Waals surface area contributed by atoms with Gasteiger partial charge in [-0.3, -0.25) is 0 Å². The molecule has 3 heterocycles. The lowest BCUT2D eigenvalue weighted by Gasteiger charge is -2.13. The predicted molar refractivity (Wildman–Crippen MR) is 86.0 cm³/mol. The summed E-state index contributed by atoms with van der Waals surface area (Å²) in [5, 5.41) is 7.83. The molecular formula is C17H18N4O4. The first-order valence-corrected chi connectivity index (χ1v) is 8.23. The fourth-order valence-corrected chi connectivity index (χ4v) is 2.72. The molecule has 0 amide bonds. The molecule has 1 aromatic carbocycles. The lowest BCUT2D eigenvalue weighted by Crippen LogP contribution is -2.16. The molecule has 8 nitrogen and oxygen atoms in total. The number of aromatic nitrogens is 4. The minimum Gasteiger partial charge on any atom is -0.490 e. The van der Waals surface area contributed by atoms with Gasteiger partial charge in [-0.15, -0.1) is 0 Å². The van der Waals surface area contributed by atoms with Crippen LogP contribution in [0.2, 0.25) is 0 Å². The van der Waals surface area contributed by atoms with E-state index in [2.05, 4.69) is 20.3 Å². The second kappa shape index (κ2) is 7.02. The highest BCUT2D eigenvalue weighted by atomic mass is 16.5. The van der Waals surface area contributed by atoms with Gasteiger partial charge < -0.3 is 18.5 Å². The molecule has 130 valence electrons. The third-order valence-electron chi connectivity index (χ3n) is 3.92. The minimum absolute atomic E-state index is 0.146. The van der Waals surface area contributed by atoms with Crippen LogP contribution in [0.5, 0.6) is 5.75 Å². The highest BCUT2D eigenvalue weighted by Crippen LogP contribution is 2.29. The van der Waals surface area contributed by atoms with E-state index in [4.69, 9.17) is 18.5 Å². The third kappa shape index (κ3) is 3.69. The van der Waals surface area contributed by atoms with Crippen LogP contribution in [0.25, 0.3) is 11.5 Å². The maximum atomic E-state index is 5.91. The number of nitrogens with zero attached hydrogens (tertiary/aromatic N) is 4. The smallest absolute Gasteiger partial charge is 0.261 e. The van der Waals surface area contributed by atoms with Gasteiger partial charge in [0, 0.05) is 13.5 Å². The van der Waals surface area contributed by atoms with Gasteiger partial charge in [0.15, 0.2) is 11.6 Å². The minimum atomic E-state index is 0.146. The zero-order valence-electron chi connectivity index (χ0n) is 13.8. The summed E-state index contributed by atoms with van der Waals surface area (Å²) in [6.45, 7) is 3.05. The summed E-state index contributed by atoms with van der Waals surface area (Å²) in [7, 11) is 0. The number of ether oxygens (including phenoxy) is 2. The molecule has 0 saturated carbocycles. The maximum Gasteiger partial charge on any atom is 0.261 e. The van der Waals surface area contributed by atoms with Crippen molar-refractivity contribution in [3.63, 3.8) is 0 Å². The summed E-state index contributed by atoms with van der Waals surface area (Å²) in [6.07, 6.45) is 2.60. The second-order valence-corrected chi connectivity index (χ2v) is 5.86. The zero-order valence-corrected chi connectivity index (χ0v) is 13.8. The Hall–Kier alpha value is -2.74. The number of rotatable bonds is 6. The van der Waals surface area contributed by atoms with Crippen LogP contribution in [-0.2, 0) is 11.2 Å². The first-order valence-electron chi connectivity index (χ1n) is 8.23. The van der Waals surface area contributed by atoms with Gasteiger partial charge in [-0.1, -0.05) is 22.4 Å². The van der Waals surface area contributed by atoms with Gasteiger partial charge in [-0.2, -0.15) is 9.97 Å². The SMILES string of the molecule is Cc1nc(Cc2noc(-c3ccccc3OC[C@H]3CCCO3)n2)no1. The van der Waals surface area contributed by atoms with Gasteiger partial charge in [0.1, 0.15) is 12.4 Å². The quantitative estimate of drug-likeness (QED) is 0.674. The van der Waals surface area contributed by atoms with Gasteiger partial charge in [0.05, 0.1) is 18.1 Å². The Morgan fingerprint density at radius 3 is 2.76 bits per heavy atom. The van der Waals surface area contributed by atoms with Crippen LogP contribution in [0.1, 0.15) is 30.4 Å². The first kappa shape index (κ1) is 15.8. The van der Waals surface area contributed by atoms with Crippen LogP contribution in [-0.4, -0.2) is 39.6 Å². The van der Waals surface area contributed by atoms with Crippen molar-refractivity contribution in [2.24, 2.45) is 0 Å². The molecule has 0 unspecified atom stereocenters. The Kier molecular flexibility index (Phi) is 4.43. The molecule has 1 fully saturated rings. The largest absolute Gasteiger partial charge is 0.490 e. The van der Waals surface area contributed by atoms with E-state index in [0.29, 0.717) is 42.2 Å². The fraction of sp³-hybridized carbons (Fsp3) is 0.412. The Morgan fingerprint density at radius 2 is 1.96 bits per heavy atom. The summed E-state index contributed by atoms with van der Waals surface area (Å²) < 4.78 is 21.8. The summed E-state index contributed by atoms with van der Waals surface area (Å²) in [5.74, 6) is 2.62. The number of hydrogen-bond acceptors (Lipinski definition) is 8. The molecule has 2 aromatic heterocycles. The standard InChI is InChI=1S/C17H18N4O4/c1-11-18-15(20-24-11)9-16-19-17(25-21-16)13-6-2-3-7-14(13)23-10-12-5-4-8-22-12/h2-3,6-7,12H,4-5,8-10H2,1H3/t12-/m1/s1. The molecule has 0 spiro atoms. The summed E-state index contributed by atoms with van der Waals surface area (Å²) in [6, 6.07) is 7.59. The molecule has 1 atom stereocenters. The van der Waals surface area contributed by atoms with Crippen molar-refractivity contribution in [1.29, 1.82) is 0 Å². The number of benzene rings is 1. The van der Waals surface area contributed by atoms with Crippen LogP contribution in [0, 0.1) is 6.92 Å². The van der Waals surface area contributed by atoms with E-state index < -0.39 is 0 Å². The van der Waals surface area contributed by atoms with E-state index in [-0.39, 0.29) is 6.10 Å². The van der Waals surface area contributed by atoms with Crippen molar-refractivity contribution in [2.45, 2.75) is 32.3 Å². The molecule has 1 aliphatic heterocycles. The van der Waals surface area contributed by atoms with Gasteiger partial charge in [0.25, 0.3) is 5.89 Å². The lowest BCUT2D eigenvalue weighted by atomic mass is 10.2. The Balaban J connectivity index is 1.49. The highest BCUT2D eigenvalue weighted by molar-refractivity contribution is 5.62. The molecule has 1 saturated heterocycles. The molecular weight excluding hydrogens is 324 g/mol. The third-order valence-corrected chi connectivity index (χ3v) is 3.92. The van der Waals surface area contributed by atoms with Crippen LogP contribution >= 0.6 is 0 Å². The van der Waals surface area contributed by atoms with Gasteiger partial charge in [0.2, 0.25) is 5.89 Å². The van der Waals surface area contributed by atoms with Crippen molar-refractivity contribution in [1.82, 2.24) is 20.3 Å². The molecule has 0 N–H and O–H groups in total. The molecule has 0 bridgehead atoms. The van der Waals surface area contributed by atoms with Gasteiger partial charge in [-0.25, -0.2) is 0 Å². The Labute approximate surface area is 144 Å². The van der Waals surface area contributed by atoms with Crippen LogP contribution in [0.4, 0.5) is 0 Å². The average molecular weight is 342 g/mol. The van der Waals surface area contributed by atoms with E-state index in [1.54, 1.807) is 6.92 Å². The van der Waals surface area contributed by atoms with E-state index in [1.807, 2.05) is 24.3 Å². The zero-order chi connectivity index (χ0) is 17.1. The molecule has 3 aromatic rings. The maximum absolute atomic E-state index is 5.91. The average Bonchev–Trinajstić information content (AvgIpc) is 3.36. The second-order valence-electron chi connectivity index (χ2n) is 5.86. The van der Waals surface area contributed by atoms with Crippen molar-refractivity contribution < 1.29 is 18.5 Å². The molecule has 8 heteroatoms. The van der Waals surface area contributed by atoms with Crippen molar-refractivity contribution in [2.75, 3.05) is 13.2 Å². The Bertz CT molecular complexity index is 839. The Morgan fingerprint density at radius 1 is 1.12 bits per heavy atom. The molecule has 25 heavy (non-hydrogen) atoms. The lowest BCUT2D eigenvalue weighted by molar-refractivity contribution is 0.0681.